The number of aromatic nitrogens is 1. The molecule has 2 heterocycles. The van der Waals surface area contributed by atoms with Crippen LogP contribution in [0.3, 0.4) is 0 Å². The number of nitrogens with one attached hydrogen (secondary N) is 1. The number of rotatable bonds is 1. The third-order valence-corrected chi connectivity index (χ3v) is 2.04. The van der Waals surface area contributed by atoms with E-state index in [1.165, 1.54) is 0 Å². The van der Waals surface area contributed by atoms with Gasteiger partial charge in [0.25, 0.3) is 0 Å². The summed E-state index contributed by atoms with van der Waals surface area (Å²) in [5.74, 6) is 2.41. The minimum absolute atomic E-state index is 0.0242. The van der Waals surface area contributed by atoms with E-state index in [-0.39, 0.29) is 11.8 Å². The molecule has 1 aliphatic heterocycles. The fourth-order valence-corrected chi connectivity index (χ4v) is 1.31. The minimum Gasteiger partial charge on any atom is -0.443 e. The molecule has 1 aliphatic rings. The molecule has 0 bridgehead atoms. The van der Waals surface area contributed by atoms with Crippen molar-refractivity contribution in [1.82, 2.24) is 4.98 Å². The monoisotopic (exact) mass is 180 g/mol. The predicted molar refractivity (Wildman–Crippen MR) is 47.5 cm³/mol. The quantitative estimate of drug-likeness (QED) is 0.715. The Morgan fingerprint density at radius 2 is 2.23 bits per heavy atom. The summed E-state index contributed by atoms with van der Waals surface area (Å²) in [5, 5.41) is 2.69. The molecule has 4 heteroatoms. The highest BCUT2D eigenvalue weighted by atomic mass is 16.4. The lowest BCUT2D eigenvalue weighted by molar-refractivity contribution is -0.116. The fraction of sp³-hybridized carbons (Fsp3) is 0.556. The number of fused-ring (bicyclic) bond motifs is 1. The van der Waals surface area contributed by atoms with Gasteiger partial charge >= 0.3 is 0 Å². The Morgan fingerprint density at radius 1 is 1.46 bits per heavy atom. The molecule has 0 saturated carbocycles. The average molecular weight is 180 g/mol. The summed E-state index contributed by atoms with van der Waals surface area (Å²) in [5.41, 5.74) is 0. The Balaban J connectivity index is 2.33. The van der Waals surface area contributed by atoms with E-state index in [9.17, 15) is 4.79 Å². The Hall–Kier alpha value is -1.32. The molecular weight excluding hydrogens is 168 g/mol. The lowest BCUT2D eigenvalue weighted by atomic mass is 10.2. The van der Waals surface area contributed by atoms with Gasteiger partial charge in [-0.15, -0.1) is 0 Å². The van der Waals surface area contributed by atoms with Crippen LogP contribution in [0.4, 0.5) is 5.82 Å². The van der Waals surface area contributed by atoms with Gasteiger partial charge in [-0.3, -0.25) is 4.79 Å². The lowest BCUT2D eigenvalue weighted by Crippen LogP contribution is -2.18. The lowest BCUT2D eigenvalue weighted by Gasteiger charge is -2.07. The van der Waals surface area contributed by atoms with E-state index in [1.54, 1.807) is 0 Å². The van der Waals surface area contributed by atoms with Crippen LogP contribution in [-0.4, -0.2) is 10.9 Å². The van der Waals surface area contributed by atoms with Crippen LogP contribution in [-0.2, 0) is 11.2 Å². The highest BCUT2D eigenvalue weighted by Crippen LogP contribution is 2.26. The molecule has 0 aliphatic carbocycles. The van der Waals surface area contributed by atoms with E-state index >= 15 is 0 Å². The molecular formula is C9H12N2O2. The van der Waals surface area contributed by atoms with Crippen LogP contribution >= 0.6 is 0 Å². The average Bonchev–Trinajstić information content (AvgIpc) is 2.46. The molecule has 1 aromatic rings. The smallest absolute Gasteiger partial charge is 0.226 e. The van der Waals surface area contributed by atoms with E-state index in [0.717, 1.165) is 5.76 Å². The maximum absolute atomic E-state index is 11.0. The number of nitrogens with zero attached hydrogens (tertiary/aromatic N) is 1. The number of aryl methyl sites for hydroxylation is 1. The topological polar surface area (TPSA) is 55.1 Å². The molecule has 1 N–H and O–H groups in total. The number of hydrogen-bond donors (Lipinski definition) is 1. The van der Waals surface area contributed by atoms with Crippen molar-refractivity contribution >= 4 is 11.7 Å². The van der Waals surface area contributed by atoms with Gasteiger partial charge in [-0.1, -0.05) is 13.8 Å². The molecule has 2 rings (SSSR count). The number of anilines is 1. The van der Waals surface area contributed by atoms with Crippen LogP contribution in [0, 0.1) is 0 Å². The number of carbonyl (C=O) groups is 1. The standard InChI is InChI=1S/C9H12N2O2/c1-5(2)9-11-8-6(13-9)3-4-7(12)10-8/h5H,3-4H2,1-2H3,(H,10,12). The van der Waals surface area contributed by atoms with Crippen LogP contribution in [0.25, 0.3) is 0 Å². The first-order valence-electron chi connectivity index (χ1n) is 4.46. The Morgan fingerprint density at radius 3 is 2.92 bits per heavy atom. The number of carbonyl (C=O) groups excluding carboxylic acids is 1. The summed E-state index contributed by atoms with van der Waals surface area (Å²) in [6.07, 6.45) is 1.17. The van der Waals surface area contributed by atoms with E-state index < -0.39 is 0 Å². The number of oxazole rings is 1. The first-order chi connectivity index (χ1) is 6.16. The Kier molecular flexibility index (Phi) is 1.83. The maximum atomic E-state index is 11.0. The van der Waals surface area contributed by atoms with Gasteiger partial charge < -0.3 is 9.73 Å². The summed E-state index contributed by atoms with van der Waals surface area (Å²) in [6.45, 7) is 4.03. The third-order valence-electron chi connectivity index (χ3n) is 2.04. The van der Waals surface area contributed by atoms with E-state index in [4.69, 9.17) is 4.42 Å². The number of amides is 1. The number of hydrogen-bond acceptors (Lipinski definition) is 3. The van der Waals surface area contributed by atoms with Gasteiger partial charge in [-0.25, -0.2) is 0 Å². The van der Waals surface area contributed by atoms with Gasteiger partial charge in [0.05, 0.1) is 0 Å². The van der Waals surface area contributed by atoms with Crippen LogP contribution in [0.15, 0.2) is 4.42 Å². The summed E-state index contributed by atoms with van der Waals surface area (Å²) in [7, 11) is 0. The molecule has 1 amide bonds. The van der Waals surface area contributed by atoms with Crippen molar-refractivity contribution in [2.75, 3.05) is 5.32 Å². The van der Waals surface area contributed by atoms with Gasteiger partial charge in [0.2, 0.25) is 5.91 Å². The van der Waals surface area contributed by atoms with Crippen LogP contribution < -0.4 is 5.32 Å². The zero-order chi connectivity index (χ0) is 9.42. The second kappa shape index (κ2) is 2.87. The Bertz CT molecular complexity index is 341. The zero-order valence-corrected chi connectivity index (χ0v) is 7.76. The first-order valence-corrected chi connectivity index (χ1v) is 4.46. The second-order valence-corrected chi connectivity index (χ2v) is 3.53. The molecule has 0 unspecified atom stereocenters. The van der Waals surface area contributed by atoms with E-state index in [0.29, 0.717) is 24.6 Å². The molecule has 0 fully saturated rings. The molecule has 0 aromatic carbocycles. The summed E-state index contributed by atoms with van der Waals surface area (Å²) in [6, 6.07) is 0. The molecule has 4 nitrogen and oxygen atoms in total. The van der Waals surface area contributed by atoms with Crippen molar-refractivity contribution in [3.63, 3.8) is 0 Å². The highest BCUT2D eigenvalue weighted by molar-refractivity contribution is 5.92. The molecule has 0 radical (unpaired) electrons. The van der Waals surface area contributed by atoms with Crippen molar-refractivity contribution in [2.24, 2.45) is 0 Å². The van der Waals surface area contributed by atoms with E-state index in [2.05, 4.69) is 10.3 Å². The van der Waals surface area contributed by atoms with Crippen molar-refractivity contribution in [1.29, 1.82) is 0 Å². The SMILES string of the molecule is CC(C)c1nc2c(o1)CCC(=O)N2. The van der Waals surface area contributed by atoms with Crippen molar-refractivity contribution < 1.29 is 9.21 Å². The molecule has 13 heavy (non-hydrogen) atoms. The molecule has 1 aromatic heterocycles. The van der Waals surface area contributed by atoms with Gasteiger partial charge in [-0.05, 0) is 0 Å². The maximum Gasteiger partial charge on any atom is 0.226 e. The van der Waals surface area contributed by atoms with Crippen LogP contribution in [0.5, 0.6) is 0 Å². The first kappa shape index (κ1) is 8.29. The van der Waals surface area contributed by atoms with E-state index in [1.807, 2.05) is 13.8 Å². The summed E-state index contributed by atoms with van der Waals surface area (Å²) < 4.78 is 5.49. The summed E-state index contributed by atoms with van der Waals surface area (Å²) >= 11 is 0. The van der Waals surface area contributed by atoms with Gasteiger partial charge in [-0.2, -0.15) is 4.98 Å². The van der Waals surface area contributed by atoms with Crippen LogP contribution in [0.1, 0.15) is 37.8 Å². The van der Waals surface area contributed by atoms with Crippen molar-refractivity contribution in [3.05, 3.63) is 11.7 Å². The normalized spacial score (nSPS) is 15.8. The zero-order valence-electron chi connectivity index (χ0n) is 7.76. The molecule has 0 spiro atoms. The van der Waals surface area contributed by atoms with Gasteiger partial charge in [0.1, 0.15) is 5.76 Å². The van der Waals surface area contributed by atoms with Gasteiger partial charge in [0.15, 0.2) is 11.7 Å². The second-order valence-electron chi connectivity index (χ2n) is 3.53. The largest absolute Gasteiger partial charge is 0.443 e. The Labute approximate surface area is 76.3 Å². The summed E-state index contributed by atoms with van der Waals surface area (Å²) in [4.78, 5) is 15.2. The van der Waals surface area contributed by atoms with Gasteiger partial charge in [0, 0.05) is 18.8 Å². The van der Waals surface area contributed by atoms with Crippen molar-refractivity contribution in [2.45, 2.75) is 32.6 Å². The predicted octanol–water partition coefficient (Wildman–Crippen LogP) is 1.68. The highest BCUT2D eigenvalue weighted by Gasteiger charge is 2.21. The fourth-order valence-electron chi connectivity index (χ4n) is 1.31. The molecule has 0 saturated heterocycles. The van der Waals surface area contributed by atoms with Crippen molar-refractivity contribution in [3.8, 4) is 0 Å². The molecule has 70 valence electrons. The molecule has 0 atom stereocenters. The third kappa shape index (κ3) is 1.43. The minimum atomic E-state index is 0.0242. The van der Waals surface area contributed by atoms with Crippen LogP contribution in [0.2, 0.25) is 0 Å².